The molecule has 0 radical (unpaired) electrons. The van der Waals surface area contributed by atoms with Gasteiger partial charge in [0.15, 0.2) is 0 Å². The van der Waals surface area contributed by atoms with E-state index < -0.39 is 11.9 Å². The normalized spacial score (nSPS) is 12.5. The lowest BCUT2D eigenvalue weighted by Crippen LogP contribution is -2.08. The number of carboxylic acids is 1. The van der Waals surface area contributed by atoms with Crippen molar-refractivity contribution in [1.29, 1.82) is 0 Å². The van der Waals surface area contributed by atoms with Crippen LogP contribution in [0.4, 0.5) is 0 Å². The molecule has 3 nitrogen and oxygen atoms in total. The molecule has 0 aliphatic heterocycles. The monoisotopic (exact) mass is 180 g/mol. The van der Waals surface area contributed by atoms with Gasteiger partial charge in [-0.25, -0.2) is 0 Å². The van der Waals surface area contributed by atoms with Gasteiger partial charge >= 0.3 is 5.97 Å². The Labute approximate surface area is 76.6 Å². The maximum atomic E-state index is 10.7. The van der Waals surface area contributed by atoms with Crippen LogP contribution in [0.15, 0.2) is 18.2 Å². The molecule has 0 fully saturated rings. The van der Waals surface area contributed by atoms with Crippen LogP contribution in [-0.2, 0) is 4.79 Å². The second-order valence-corrected chi connectivity index (χ2v) is 3.10. The first kappa shape index (κ1) is 9.58. The molecule has 1 rings (SSSR count). The van der Waals surface area contributed by atoms with E-state index in [9.17, 15) is 9.90 Å². The van der Waals surface area contributed by atoms with Crippen molar-refractivity contribution in [3.8, 4) is 5.75 Å². The van der Waals surface area contributed by atoms with Crippen LogP contribution in [0.1, 0.15) is 24.0 Å². The molecule has 1 unspecified atom stereocenters. The number of benzene rings is 1. The van der Waals surface area contributed by atoms with E-state index in [-0.39, 0.29) is 5.75 Å². The summed E-state index contributed by atoms with van der Waals surface area (Å²) < 4.78 is 0. The lowest BCUT2D eigenvalue weighted by atomic mass is 9.96. The molecule has 0 spiro atoms. The fourth-order valence-electron chi connectivity index (χ4n) is 1.23. The van der Waals surface area contributed by atoms with Crippen LogP contribution in [0.3, 0.4) is 0 Å². The minimum absolute atomic E-state index is 0.105. The summed E-state index contributed by atoms with van der Waals surface area (Å²) in [4.78, 5) is 10.7. The van der Waals surface area contributed by atoms with Crippen LogP contribution in [0, 0.1) is 6.92 Å². The van der Waals surface area contributed by atoms with Gasteiger partial charge in [-0.1, -0.05) is 6.07 Å². The molecule has 1 aromatic carbocycles. The van der Waals surface area contributed by atoms with Crippen molar-refractivity contribution < 1.29 is 15.0 Å². The molecule has 1 aromatic rings. The zero-order valence-corrected chi connectivity index (χ0v) is 7.61. The van der Waals surface area contributed by atoms with Crippen LogP contribution in [-0.4, -0.2) is 16.2 Å². The first-order valence-electron chi connectivity index (χ1n) is 4.04. The number of phenols is 1. The van der Waals surface area contributed by atoms with Crippen LogP contribution in [0.25, 0.3) is 0 Å². The fraction of sp³-hybridized carbons (Fsp3) is 0.300. The Morgan fingerprint density at radius 1 is 1.46 bits per heavy atom. The molecule has 3 heteroatoms. The fourth-order valence-corrected chi connectivity index (χ4v) is 1.23. The van der Waals surface area contributed by atoms with E-state index in [0.717, 1.165) is 5.56 Å². The lowest BCUT2D eigenvalue weighted by molar-refractivity contribution is -0.138. The van der Waals surface area contributed by atoms with Gasteiger partial charge < -0.3 is 10.2 Å². The number of carbonyl (C=O) groups is 1. The number of phenolic OH excluding ortho intramolecular Hbond substituents is 1. The van der Waals surface area contributed by atoms with Gasteiger partial charge in [0.25, 0.3) is 0 Å². The summed E-state index contributed by atoms with van der Waals surface area (Å²) >= 11 is 0. The quantitative estimate of drug-likeness (QED) is 0.730. The second kappa shape index (κ2) is 3.47. The van der Waals surface area contributed by atoms with Gasteiger partial charge in [0.2, 0.25) is 0 Å². The van der Waals surface area contributed by atoms with Gasteiger partial charge in [0.05, 0.1) is 5.92 Å². The minimum Gasteiger partial charge on any atom is -0.508 e. The average molecular weight is 180 g/mol. The van der Waals surface area contributed by atoms with Gasteiger partial charge in [0, 0.05) is 0 Å². The number of hydrogen-bond donors (Lipinski definition) is 2. The summed E-state index contributed by atoms with van der Waals surface area (Å²) in [7, 11) is 0. The van der Waals surface area contributed by atoms with E-state index >= 15 is 0 Å². The summed E-state index contributed by atoms with van der Waals surface area (Å²) in [6.45, 7) is 3.43. The molecule has 0 aliphatic rings. The molecule has 0 saturated carbocycles. The number of rotatable bonds is 2. The highest BCUT2D eigenvalue weighted by molar-refractivity contribution is 5.76. The van der Waals surface area contributed by atoms with Crippen molar-refractivity contribution in [2.24, 2.45) is 0 Å². The van der Waals surface area contributed by atoms with Crippen molar-refractivity contribution in [3.05, 3.63) is 29.3 Å². The molecule has 0 amide bonds. The van der Waals surface area contributed by atoms with Crippen LogP contribution < -0.4 is 0 Å². The summed E-state index contributed by atoms with van der Waals surface area (Å²) in [5, 5.41) is 17.9. The highest BCUT2D eigenvalue weighted by atomic mass is 16.4. The molecule has 0 bridgehead atoms. The smallest absolute Gasteiger partial charge is 0.310 e. The molecule has 2 N–H and O–H groups in total. The topological polar surface area (TPSA) is 57.5 Å². The highest BCUT2D eigenvalue weighted by Gasteiger charge is 2.15. The first-order valence-corrected chi connectivity index (χ1v) is 4.04. The third-order valence-corrected chi connectivity index (χ3v) is 2.10. The maximum absolute atomic E-state index is 10.7. The third kappa shape index (κ3) is 1.99. The predicted molar refractivity (Wildman–Crippen MR) is 48.9 cm³/mol. The largest absolute Gasteiger partial charge is 0.508 e. The Balaban J connectivity index is 3.12. The molecule has 0 saturated heterocycles. The Kier molecular flexibility index (Phi) is 2.56. The second-order valence-electron chi connectivity index (χ2n) is 3.10. The number of carboxylic acid groups (broad SMARTS) is 1. The molecule has 0 heterocycles. The van der Waals surface area contributed by atoms with Crippen molar-refractivity contribution in [3.63, 3.8) is 0 Å². The van der Waals surface area contributed by atoms with Crippen molar-refractivity contribution in [2.75, 3.05) is 0 Å². The molecular weight excluding hydrogens is 168 g/mol. The Hall–Kier alpha value is -1.51. The van der Waals surface area contributed by atoms with Gasteiger partial charge in [-0.3, -0.25) is 4.79 Å². The van der Waals surface area contributed by atoms with Gasteiger partial charge in [-0.05, 0) is 37.1 Å². The van der Waals surface area contributed by atoms with Crippen molar-refractivity contribution in [2.45, 2.75) is 19.8 Å². The van der Waals surface area contributed by atoms with Crippen molar-refractivity contribution >= 4 is 5.97 Å². The first-order chi connectivity index (χ1) is 6.02. The van der Waals surface area contributed by atoms with E-state index in [1.54, 1.807) is 19.1 Å². The number of aliphatic carboxylic acids is 1. The molecule has 0 aliphatic carbocycles. The zero-order valence-electron chi connectivity index (χ0n) is 7.61. The number of aromatic hydroxyl groups is 1. The molecular formula is C10H12O3. The Bertz CT molecular complexity index is 331. The van der Waals surface area contributed by atoms with E-state index in [1.165, 1.54) is 6.07 Å². The van der Waals surface area contributed by atoms with Gasteiger partial charge in [0.1, 0.15) is 5.75 Å². The Morgan fingerprint density at radius 2 is 2.08 bits per heavy atom. The number of hydrogen-bond acceptors (Lipinski definition) is 2. The molecule has 70 valence electrons. The molecule has 0 aromatic heterocycles. The zero-order chi connectivity index (χ0) is 10.0. The molecule has 13 heavy (non-hydrogen) atoms. The predicted octanol–water partition coefficient (Wildman–Crippen LogP) is 1.89. The number of aryl methyl sites for hydroxylation is 1. The summed E-state index contributed by atoms with van der Waals surface area (Å²) in [6, 6.07) is 4.76. The van der Waals surface area contributed by atoms with Crippen LogP contribution in [0.5, 0.6) is 5.75 Å². The SMILES string of the molecule is Cc1ccc(O)cc1C(C)C(=O)O. The van der Waals surface area contributed by atoms with Gasteiger partial charge in [-0.15, -0.1) is 0 Å². The van der Waals surface area contributed by atoms with Crippen LogP contribution >= 0.6 is 0 Å². The Morgan fingerprint density at radius 3 is 2.62 bits per heavy atom. The third-order valence-electron chi connectivity index (χ3n) is 2.10. The standard InChI is InChI=1S/C10H12O3/c1-6-3-4-8(11)5-9(6)7(2)10(12)13/h3-5,7,11H,1-2H3,(H,12,13). The highest BCUT2D eigenvalue weighted by Crippen LogP contribution is 2.23. The summed E-state index contributed by atoms with van der Waals surface area (Å²) in [6.07, 6.45) is 0. The van der Waals surface area contributed by atoms with E-state index in [2.05, 4.69) is 0 Å². The average Bonchev–Trinajstić information content (AvgIpc) is 2.08. The van der Waals surface area contributed by atoms with E-state index in [1.807, 2.05) is 6.92 Å². The summed E-state index contributed by atoms with van der Waals surface area (Å²) in [5.74, 6) is -1.35. The van der Waals surface area contributed by atoms with E-state index in [0.29, 0.717) is 5.56 Å². The van der Waals surface area contributed by atoms with E-state index in [4.69, 9.17) is 5.11 Å². The molecule has 1 atom stereocenters. The van der Waals surface area contributed by atoms with Crippen molar-refractivity contribution in [1.82, 2.24) is 0 Å². The summed E-state index contributed by atoms with van der Waals surface area (Å²) in [5.41, 5.74) is 1.54. The maximum Gasteiger partial charge on any atom is 0.310 e. The lowest BCUT2D eigenvalue weighted by Gasteiger charge is -2.10. The minimum atomic E-state index is -0.881. The van der Waals surface area contributed by atoms with Crippen LogP contribution in [0.2, 0.25) is 0 Å². The van der Waals surface area contributed by atoms with Gasteiger partial charge in [-0.2, -0.15) is 0 Å².